The van der Waals surface area contributed by atoms with Gasteiger partial charge in [-0.25, -0.2) is 9.59 Å². The zero-order valence-corrected chi connectivity index (χ0v) is 12.5. The number of anilines is 1. The molecule has 6 nitrogen and oxygen atoms in total. The summed E-state index contributed by atoms with van der Waals surface area (Å²) < 4.78 is 4.91. The number of nitrogens with zero attached hydrogens (tertiary/aromatic N) is 2. The van der Waals surface area contributed by atoms with Gasteiger partial charge in [0.05, 0.1) is 12.2 Å². The lowest BCUT2D eigenvalue weighted by Crippen LogP contribution is -2.48. The predicted octanol–water partition coefficient (Wildman–Crippen LogP) is 1.64. The van der Waals surface area contributed by atoms with E-state index in [0.29, 0.717) is 17.9 Å². The number of urea groups is 1. The Morgan fingerprint density at radius 2 is 1.76 bits per heavy atom. The van der Waals surface area contributed by atoms with E-state index in [0.717, 1.165) is 26.2 Å². The quantitative estimate of drug-likeness (QED) is 0.860. The van der Waals surface area contributed by atoms with Crippen molar-refractivity contribution in [1.82, 2.24) is 9.80 Å². The molecule has 1 aliphatic heterocycles. The molecule has 1 N–H and O–H groups in total. The lowest BCUT2D eigenvalue weighted by atomic mass is 10.2. The highest BCUT2D eigenvalue weighted by molar-refractivity contribution is 5.92. The molecule has 114 valence electrons. The zero-order valence-electron chi connectivity index (χ0n) is 12.5. The van der Waals surface area contributed by atoms with Crippen LogP contribution in [0.1, 0.15) is 17.3 Å². The van der Waals surface area contributed by atoms with E-state index < -0.39 is 0 Å². The van der Waals surface area contributed by atoms with Crippen LogP contribution in [0, 0.1) is 0 Å². The monoisotopic (exact) mass is 291 g/mol. The van der Waals surface area contributed by atoms with Crippen molar-refractivity contribution in [1.29, 1.82) is 0 Å². The van der Waals surface area contributed by atoms with Gasteiger partial charge in [-0.15, -0.1) is 0 Å². The third-order valence-electron chi connectivity index (χ3n) is 3.44. The third-order valence-corrected chi connectivity index (χ3v) is 3.44. The summed E-state index contributed by atoms with van der Waals surface area (Å²) in [5.74, 6) is -0.352. The number of esters is 1. The summed E-state index contributed by atoms with van der Waals surface area (Å²) in [6.07, 6.45) is 0. The number of nitrogens with one attached hydrogen (secondary N) is 1. The van der Waals surface area contributed by atoms with Crippen molar-refractivity contribution in [3.05, 3.63) is 29.8 Å². The first-order valence-electron chi connectivity index (χ1n) is 7.12. The van der Waals surface area contributed by atoms with E-state index in [2.05, 4.69) is 10.2 Å². The molecule has 2 amide bonds. The van der Waals surface area contributed by atoms with Crippen molar-refractivity contribution in [2.45, 2.75) is 6.92 Å². The van der Waals surface area contributed by atoms with Gasteiger partial charge in [0.25, 0.3) is 0 Å². The smallest absolute Gasteiger partial charge is 0.338 e. The molecule has 0 spiro atoms. The highest BCUT2D eigenvalue weighted by Gasteiger charge is 2.18. The van der Waals surface area contributed by atoms with Crippen molar-refractivity contribution in [2.24, 2.45) is 0 Å². The van der Waals surface area contributed by atoms with Crippen LogP contribution in [-0.4, -0.2) is 61.6 Å². The van der Waals surface area contributed by atoms with E-state index >= 15 is 0 Å². The second-order valence-electron chi connectivity index (χ2n) is 5.02. The van der Waals surface area contributed by atoms with E-state index in [1.165, 1.54) is 0 Å². The maximum atomic E-state index is 12.1. The summed E-state index contributed by atoms with van der Waals surface area (Å²) in [5.41, 5.74) is 1.15. The van der Waals surface area contributed by atoms with Gasteiger partial charge in [-0.2, -0.15) is 0 Å². The molecule has 0 atom stereocenters. The SMILES string of the molecule is CCOC(=O)c1ccc(NC(=O)N2CCN(C)CC2)cc1. The fraction of sp³-hybridized carbons (Fsp3) is 0.467. The number of piperazine rings is 1. The number of hydrogen-bond acceptors (Lipinski definition) is 4. The Bertz CT molecular complexity index is 493. The number of ether oxygens (including phenoxy) is 1. The average molecular weight is 291 g/mol. The molecule has 1 heterocycles. The number of amides is 2. The van der Waals surface area contributed by atoms with Crippen molar-refractivity contribution >= 4 is 17.7 Å². The highest BCUT2D eigenvalue weighted by Crippen LogP contribution is 2.12. The first-order valence-corrected chi connectivity index (χ1v) is 7.12. The highest BCUT2D eigenvalue weighted by atomic mass is 16.5. The summed E-state index contributed by atoms with van der Waals surface area (Å²) in [4.78, 5) is 27.6. The molecule has 0 saturated carbocycles. The predicted molar refractivity (Wildman–Crippen MR) is 80.5 cm³/mol. The Balaban J connectivity index is 1.91. The van der Waals surface area contributed by atoms with Crippen molar-refractivity contribution in [2.75, 3.05) is 45.2 Å². The second-order valence-corrected chi connectivity index (χ2v) is 5.02. The Kier molecular flexibility index (Phi) is 5.16. The summed E-state index contributed by atoms with van der Waals surface area (Å²) in [5, 5.41) is 2.84. The molecular weight excluding hydrogens is 270 g/mol. The van der Waals surface area contributed by atoms with Gasteiger partial charge in [-0.05, 0) is 38.2 Å². The minimum absolute atomic E-state index is 0.105. The van der Waals surface area contributed by atoms with Gasteiger partial charge in [0.15, 0.2) is 0 Å². The maximum Gasteiger partial charge on any atom is 0.338 e. The van der Waals surface area contributed by atoms with Gasteiger partial charge in [-0.1, -0.05) is 0 Å². The lowest BCUT2D eigenvalue weighted by Gasteiger charge is -2.32. The summed E-state index contributed by atoms with van der Waals surface area (Å²) in [6.45, 7) is 5.33. The van der Waals surface area contributed by atoms with Gasteiger partial charge >= 0.3 is 12.0 Å². The van der Waals surface area contributed by atoms with Gasteiger partial charge in [0.1, 0.15) is 0 Å². The molecule has 0 aromatic heterocycles. The second kappa shape index (κ2) is 7.08. The molecular formula is C15H21N3O3. The van der Waals surface area contributed by atoms with E-state index in [-0.39, 0.29) is 12.0 Å². The summed E-state index contributed by atoms with van der Waals surface area (Å²) in [7, 11) is 2.04. The van der Waals surface area contributed by atoms with Crippen LogP contribution in [0.25, 0.3) is 0 Å². The van der Waals surface area contributed by atoms with E-state index in [9.17, 15) is 9.59 Å². The molecule has 1 aliphatic rings. The van der Waals surface area contributed by atoms with Crippen LogP contribution < -0.4 is 5.32 Å². The first-order chi connectivity index (χ1) is 10.1. The van der Waals surface area contributed by atoms with Crippen LogP contribution in [0.3, 0.4) is 0 Å². The number of carbonyl (C=O) groups is 2. The maximum absolute atomic E-state index is 12.1. The minimum atomic E-state index is -0.352. The standard InChI is InChI=1S/C15H21N3O3/c1-3-21-14(19)12-4-6-13(7-5-12)16-15(20)18-10-8-17(2)9-11-18/h4-7H,3,8-11H2,1-2H3,(H,16,20). The van der Waals surface area contributed by atoms with Gasteiger partial charge in [-0.3, -0.25) is 0 Å². The normalized spacial score (nSPS) is 15.6. The molecule has 21 heavy (non-hydrogen) atoms. The molecule has 1 fully saturated rings. The molecule has 2 rings (SSSR count). The van der Waals surface area contributed by atoms with E-state index in [4.69, 9.17) is 4.74 Å². The number of rotatable bonds is 3. The summed E-state index contributed by atoms with van der Waals surface area (Å²) >= 11 is 0. The fourth-order valence-corrected chi connectivity index (χ4v) is 2.12. The van der Waals surface area contributed by atoms with Crippen LogP contribution >= 0.6 is 0 Å². The Morgan fingerprint density at radius 3 is 2.33 bits per heavy atom. The molecule has 1 aromatic carbocycles. The van der Waals surface area contributed by atoms with Crippen LogP contribution in [0.2, 0.25) is 0 Å². The van der Waals surface area contributed by atoms with Crippen LogP contribution in [0.4, 0.5) is 10.5 Å². The molecule has 0 unspecified atom stereocenters. The number of carbonyl (C=O) groups excluding carboxylic acids is 2. The van der Waals surface area contributed by atoms with Gasteiger partial charge in [0.2, 0.25) is 0 Å². The lowest BCUT2D eigenvalue weighted by molar-refractivity contribution is 0.0526. The van der Waals surface area contributed by atoms with Crippen LogP contribution in [0.5, 0.6) is 0 Å². The van der Waals surface area contributed by atoms with E-state index in [1.807, 2.05) is 7.05 Å². The number of benzene rings is 1. The Morgan fingerprint density at radius 1 is 1.14 bits per heavy atom. The topological polar surface area (TPSA) is 61.9 Å². The molecule has 6 heteroatoms. The van der Waals surface area contributed by atoms with E-state index in [1.54, 1.807) is 36.1 Å². The van der Waals surface area contributed by atoms with Gasteiger partial charge in [0, 0.05) is 31.9 Å². The Hall–Kier alpha value is -2.08. The molecule has 0 radical (unpaired) electrons. The first kappa shape index (κ1) is 15.3. The third kappa shape index (κ3) is 4.19. The van der Waals surface area contributed by atoms with Gasteiger partial charge < -0.3 is 19.9 Å². The number of likely N-dealkylation sites (N-methyl/N-ethyl adjacent to an activating group) is 1. The van der Waals surface area contributed by atoms with Crippen molar-refractivity contribution < 1.29 is 14.3 Å². The summed E-state index contributed by atoms with van der Waals surface area (Å²) in [6, 6.07) is 6.61. The number of hydrogen-bond donors (Lipinski definition) is 1. The largest absolute Gasteiger partial charge is 0.462 e. The molecule has 1 saturated heterocycles. The zero-order chi connectivity index (χ0) is 15.2. The molecule has 0 bridgehead atoms. The fourth-order valence-electron chi connectivity index (χ4n) is 2.12. The van der Waals surface area contributed by atoms with Crippen LogP contribution in [0.15, 0.2) is 24.3 Å². The minimum Gasteiger partial charge on any atom is -0.462 e. The van der Waals surface area contributed by atoms with Crippen molar-refractivity contribution in [3.8, 4) is 0 Å². The molecule has 1 aromatic rings. The Labute approximate surface area is 124 Å². The average Bonchev–Trinajstić information content (AvgIpc) is 2.49. The molecule has 0 aliphatic carbocycles. The van der Waals surface area contributed by atoms with Crippen LogP contribution in [-0.2, 0) is 4.74 Å². The van der Waals surface area contributed by atoms with Crippen molar-refractivity contribution in [3.63, 3.8) is 0 Å².